The Bertz CT molecular complexity index is 782. The van der Waals surface area contributed by atoms with Crippen molar-refractivity contribution in [2.45, 2.75) is 232 Å². The second kappa shape index (κ2) is 37.6. The summed E-state index contributed by atoms with van der Waals surface area (Å²) in [5.74, 6) is -0.513. The van der Waals surface area contributed by atoms with Crippen molar-refractivity contribution >= 4 is 11.9 Å². The van der Waals surface area contributed by atoms with Crippen molar-refractivity contribution in [2.24, 2.45) is 0 Å². The minimum absolute atomic E-state index is 0.0623. The summed E-state index contributed by atoms with van der Waals surface area (Å²) in [6, 6.07) is -0.701. The largest absolute Gasteiger partial charge is 0.462 e. The lowest BCUT2D eigenvalue weighted by Gasteiger charge is -2.24. The van der Waals surface area contributed by atoms with E-state index in [0.717, 1.165) is 83.5 Å². The van der Waals surface area contributed by atoms with Gasteiger partial charge in [-0.2, -0.15) is 0 Å². The summed E-state index contributed by atoms with van der Waals surface area (Å²) < 4.78 is 5.84. The van der Waals surface area contributed by atoms with Crippen LogP contribution in [0.4, 0.5) is 0 Å². The lowest BCUT2D eigenvalue weighted by molar-refractivity contribution is -0.151. The maximum atomic E-state index is 13.0. The number of nitrogens with one attached hydrogen (secondary N) is 1. The fourth-order valence-corrected chi connectivity index (χ4v) is 6.25. The third-order valence-electron chi connectivity index (χ3n) is 9.48. The van der Waals surface area contributed by atoms with E-state index < -0.39 is 18.2 Å². The molecule has 0 saturated heterocycles. The molecule has 0 aromatic heterocycles. The highest BCUT2D eigenvalue weighted by Crippen LogP contribution is 2.16. The van der Waals surface area contributed by atoms with Crippen molar-refractivity contribution in [3.8, 4) is 0 Å². The zero-order chi connectivity index (χ0) is 36.0. The predicted octanol–water partition coefficient (Wildman–Crippen LogP) is 11.6. The van der Waals surface area contributed by atoms with Gasteiger partial charge in [0.25, 0.3) is 0 Å². The van der Waals surface area contributed by atoms with E-state index in [1.807, 2.05) is 0 Å². The van der Waals surface area contributed by atoms with Gasteiger partial charge in [0.2, 0.25) is 5.91 Å². The van der Waals surface area contributed by atoms with Gasteiger partial charge in [0.05, 0.1) is 25.2 Å². The van der Waals surface area contributed by atoms with Crippen LogP contribution in [-0.4, -0.2) is 46.9 Å². The molecule has 0 aromatic rings. The number of amides is 1. The fourth-order valence-electron chi connectivity index (χ4n) is 6.25. The molecule has 0 bridgehead atoms. The van der Waals surface area contributed by atoms with Gasteiger partial charge >= 0.3 is 5.97 Å². The Kier molecular flexibility index (Phi) is 36.3. The van der Waals surface area contributed by atoms with Crippen LogP contribution in [0.1, 0.15) is 213 Å². The number of unbranched alkanes of at least 4 members (excludes halogenated alkanes) is 21. The van der Waals surface area contributed by atoms with Gasteiger partial charge in [-0.25, -0.2) is 0 Å². The second-order valence-corrected chi connectivity index (χ2v) is 14.4. The van der Waals surface area contributed by atoms with Crippen LogP contribution in [0, 0.1) is 0 Å². The van der Waals surface area contributed by atoms with E-state index in [1.54, 1.807) is 0 Å². The average molecular weight is 692 g/mol. The average Bonchev–Trinajstić information content (AvgIpc) is 3.09. The van der Waals surface area contributed by atoms with Gasteiger partial charge in [0.15, 0.2) is 0 Å². The molecule has 0 rings (SSSR count). The van der Waals surface area contributed by atoms with Gasteiger partial charge in [-0.1, -0.05) is 154 Å². The van der Waals surface area contributed by atoms with Crippen LogP contribution in [0.3, 0.4) is 0 Å². The molecule has 0 aliphatic rings. The van der Waals surface area contributed by atoms with Gasteiger partial charge in [0.1, 0.15) is 6.10 Å². The number of hydrogen-bond donors (Lipinski definition) is 3. The van der Waals surface area contributed by atoms with Gasteiger partial charge in [0, 0.05) is 6.42 Å². The number of aliphatic hydroxyl groups is 2. The van der Waals surface area contributed by atoms with Crippen LogP contribution >= 0.6 is 0 Å². The minimum Gasteiger partial charge on any atom is -0.462 e. The van der Waals surface area contributed by atoms with Crippen LogP contribution < -0.4 is 5.32 Å². The van der Waals surface area contributed by atoms with Crippen molar-refractivity contribution in [3.05, 3.63) is 24.3 Å². The number of carbonyl (C=O) groups is 2. The monoisotopic (exact) mass is 692 g/mol. The summed E-state index contributed by atoms with van der Waals surface area (Å²) in [5, 5.41) is 23.5. The zero-order valence-electron chi connectivity index (χ0n) is 32.6. The fraction of sp³-hybridized carbons (Fsp3) is 0.860. The molecule has 0 aromatic carbocycles. The summed E-state index contributed by atoms with van der Waals surface area (Å²) >= 11 is 0. The Hall–Kier alpha value is -1.66. The first kappa shape index (κ1) is 47.3. The Balaban J connectivity index is 4.56. The maximum absolute atomic E-state index is 13.0. The van der Waals surface area contributed by atoms with E-state index >= 15 is 0 Å². The lowest BCUT2D eigenvalue weighted by Crippen LogP contribution is -2.46. The number of esters is 1. The second-order valence-electron chi connectivity index (χ2n) is 14.4. The molecule has 6 heteroatoms. The van der Waals surface area contributed by atoms with Gasteiger partial charge in [-0.15, -0.1) is 0 Å². The summed E-state index contributed by atoms with van der Waals surface area (Å²) in [5.41, 5.74) is 0. The molecule has 0 spiro atoms. The molecule has 0 heterocycles. The van der Waals surface area contributed by atoms with E-state index in [-0.39, 0.29) is 24.9 Å². The van der Waals surface area contributed by atoms with Crippen molar-refractivity contribution < 1.29 is 24.5 Å². The molecule has 0 fully saturated rings. The zero-order valence-corrected chi connectivity index (χ0v) is 32.6. The highest BCUT2D eigenvalue weighted by Gasteiger charge is 2.24. The molecule has 0 radical (unpaired) electrons. The number of allylic oxidation sites excluding steroid dienone is 4. The topological polar surface area (TPSA) is 95.9 Å². The Labute approximate surface area is 303 Å². The van der Waals surface area contributed by atoms with Crippen molar-refractivity contribution in [2.75, 3.05) is 6.61 Å². The molecule has 3 unspecified atom stereocenters. The molecular weight excluding hydrogens is 610 g/mol. The van der Waals surface area contributed by atoms with E-state index in [0.29, 0.717) is 19.3 Å². The summed E-state index contributed by atoms with van der Waals surface area (Å²) in [4.78, 5) is 25.8. The third-order valence-corrected chi connectivity index (χ3v) is 9.48. The van der Waals surface area contributed by atoms with E-state index in [4.69, 9.17) is 4.74 Å². The Morgan fingerprint density at radius 3 is 1.55 bits per heavy atom. The van der Waals surface area contributed by atoms with Crippen molar-refractivity contribution in [3.63, 3.8) is 0 Å². The van der Waals surface area contributed by atoms with E-state index in [1.165, 1.54) is 83.5 Å². The molecular formula is C43H81NO5. The molecule has 1 amide bonds. The molecule has 288 valence electrons. The molecule has 0 aliphatic carbocycles. The quantitative estimate of drug-likeness (QED) is 0.0342. The summed E-state index contributed by atoms with van der Waals surface area (Å²) in [6.45, 7) is 6.36. The summed E-state index contributed by atoms with van der Waals surface area (Å²) in [7, 11) is 0. The van der Waals surface area contributed by atoms with Gasteiger partial charge in [-0.3, -0.25) is 9.59 Å². The first-order chi connectivity index (χ1) is 24.0. The molecule has 6 nitrogen and oxygen atoms in total. The van der Waals surface area contributed by atoms with Crippen LogP contribution in [0.2, 0.25) is 0 Å². The number of aliphatic hydroxyl groups excluding tert-OH is 2. The SMILES string of the molecule is CCC/C=C\CCCCCC(CC(=O)NC(CO)C(O)CCCCCCCCCCC)OC(=O)CCCCC/C=C\CCCCCCCC. The van der Waals surface area contributed by atoms with Gasteiger partial charge < -0.3 is 20.3 Å². The third kappa shape index (κ3) is 33.3. The number of ether oxygens (including phenoxy) is 1. The van der Waals surface area contributed by atoms with Gasteiger partial charge in [-0.05, 0) is 70.6 Å². The number of carbonyl (C=O) groups excluding carboxylic acids is 2. The van der Waals surface area contributed by atoms with Crippen molar-refractivity contribution in [1.82, 2.24) is 5.32 Å². The molecule has 49 heavy (non-hydrogen) atoms. The maximum Gasteiger partial charge on any atom is 0.306 e. The van der Waals surface area contributed by atoms with Crippen LogP contribution in [0.5, 0.6) is 0 Å². The normalized spacial score (nSPS) is 13.7. The number of hydrogen-bond acceptors (Lipinski definition) is 5. The van der Waals surface area contributed by atoms with E-state index in [9.17, 15) is 19.8 Å². The first-order valence-electron chi connectivity index (χ1n) is 21.1. The Morgan fingerprint density at radius 1 is 0.571 bits per heavy atom. The standard InChI is InChI=1S/C43H81NO5/c1-4-7-10-13-16-19-20-21-22-24-27-30-33-36-43(48)49-39(34-31-28-25-18-15-12-9-6-3)37-42(47)44-40(38-45)41(46)35-32-29-26-23-17-14-11-8-5-2/h12,15,21-22,39-41,45-46H,4-11,13-14,16-20,23-38H2,1-3H3,(H,44,47)/b15-12-,22-21-. The first-order valence-corrected chi connectivity index (χ1v) is 21.1. The Morgan fingerprint density at radius 2 is 1.02 bits per heavy atom. The van der Waals surface area contributed by atoms with Crippen molar-refractivity contribution in [1.29, 1.82) is 0 Å². The highest BCUT2D eigenvalue weighted by molar-refractivity contribution is 5.77. The van der Waals surface area contributed by atoms with Crippen LogP contribution in [0.15, 0.2) is 24.3 Å². The lowest BCUT2D eigenvalue weighted by atomic mass is 10.0. The van der Waals surface area contributed by atoms with E-state index in [2.05, 4.69) is 50.4 Å². The van der Waals surface area contributed by atoms with Crippen LogP contribution in [-0.2, 0) is 14.3 Å². The summed E-state index contributed by atoms with van der Waals surface area (Å²) in [6.07, 6.45) is 39.6. The van der Waals surface area contributed by atoms with Crippen LogP contribution in [0.25, 0.3) is 0 Å². The predicted molar refractivity (Wildman–Crippen MR) is 209 cm³/mol. The number of rotatable bonds is 37. The minimum atomic E-state index is -0.786. The molecule has 3 atom stereocenters. The molecule has 0 aliphatic heterocycles. The molecule has 3 N–H and O–H groups in total. The highest BCUT2D eigenvalue weighted by atomic mass is 16.5. The smallest absolute Gasteiger partial charge is 0.306 e. The molecule has 0 saturated carbocycles.